The van der Waals surface area contributed by atoms with Gasteiger partial charge in [0.2, 0.25) is 0 Å². The number of halogens is 1. The normalized spacial score (nSPS) is 13.9. The second kappa shape index (κ2) is 7.74. The summed E-state index contributed by atoms with van der Waals surface area (Å²) in [5.74, 6) is 0. The number of aryl methyl sites for hydroxylation is 1. The molecule has 0 fully saturated rings. The molecule has 2 unspecified atom stereocenters. The van der Waals surface area contributed by atoms with E-state index in [9.17, 15) is 0 Å². The molecule has 2 rings (SSSR count). The van der Waals surface area contributed by atoms with Crippen LogP contribution >= 0.6 is 15.9 Å². The third-order valence-corrected chi connectivity index (χ3v) is 4.23. The van der Waals surface area contributed by atoms with Crippen molar-refractivity contribution in [2.24, 2.45) is 5.73 Å². The highest BCUT2D eigenvalue weighted by atomic mass is 79.9. The summed E-state index contributed by atoms with van der Waals surface area (Å²) >= 11 is 3.45. The predicted octanol–water partition coefficient (Wildman–Crippen LogP) is 4.75. The lowest BCUT2D eigenvalue weighted by atomic mass is 9.97. The topological polar surface area (TPSA) is 35.2 Å². The molecular weight excluding hydrogens is 326 g/mol. The fourth-order valence-corrected chi connectivity index (χ4v) is 2.60. The van der Waals surface area contributed by atoms with Gasteiger partial charge in [0.15, 0.2) is 0 Å². The molecule has 0 aliphatic heterocycles. The Morgan fingerprint density at radius 2 is 1.76 bits per heavy atom. The van der Waals surface area contributed by atoms with Gasteiger partial charge in [0, 0.05) is 10.5 Å². The molecule has 0 aliphatic rings. The molecular formula is C18H22BrNO. The van der Waals surface area contributed by atoms with Gasteiger partial charge in [-0.2, -0.15) is 0 Å². The summed E-state index contributed by atoms with van der Waals surface area (Å²) in [6.07, 6.45) is 0.819. The van der Waals surface area contributed by atoms with Gasteiger partial charge < -0.3 is 10.5 Å². The first kappa shape index (κ1) is 16.2. The Morgan fingerprint density at radius 1 is 1.10 bits per heavy atom. The zero-order valence-corrected chi connectivity index (χ0v) is 14.1. The number of hydrogen-bond acceptors (Lipinski definition) is 2. The number of hydrogen-bond donors (Lipinski definition) is 1. The van der Waals surface area contributed by atoms with Gasteiger partial charge in [-0.3, -0.25) is 0 Å². The van der Waals surface area contributed by atoms with E-state index >= 15 is 0 Å². The molecule has 2 aromatic carbocycles. The Labute approximate surface area is 135 Å². The number of rotatable bonds is 6. The van der Waals surface area contributed by atoms with Crippen LogP contribution < -0.4 is 5.73 Å². The standard InChI is InChI=1S/C18H22BrNO/c1-3-17(20)18(16-7-5-4-6-13(16)2)21-12-14-8-10-15(19)11-9-14/h4-11,17-18H,3,12,20H2,1-2H3. The Balaban J connectivity index is 2.14. The lowest BCUT2D eigenvalue weighted by molar-refractivity contribution is 0.0209. The van der Waals surface area contributed by atoms with Crippen LogP contribution in [0.3, 0.4) is 0 Å². The van der Waals surface area contributed by atoms with Crippen molar-refractivity contribution in [2.75, 3.05) is 0 Å². The smallest absolute Gasteiger partial charge is 0.0982 e. The molecule has 0 aliphatic carbocycles. The Hall–Kier alpha value is -1.16. The molecule has 0 saturated carbocycles. The van der Waals surface area contributed by atoms with E-state index in [-0.39, 0.29) is 12.1 Å². The van der Waals surface area contributed by atoms with Gasteiger partial charge in [0.05, 0.1) is 12.7 Å². The molecule has 0 radical (unpaired) electrons. The molecule has 3 heteroatoms. The quantitative estimate of drug-likeness (QED) is 0.817. The third-order valence-electron chi connectivity index (χ3n) is 3.70. The van der Waals surface area contributed by atoms with Crippen LogP contribution in [0.1, 0.15) is 36.1 Å². The van der Waals surface area contributed by atoms with E-state index in [0.29, 0.717) is 6.61 Å². The van der Waals surface area contributed by atoms with Crippen molar-refractivity contribution >= 4 is 15.9 Å². The van der Waals surface area contributed by atoms with Gasteiger partial charge in [0.1, 0.15) is 0 Å². The zero-order chi connectivity index (χ0) is 15.2. The van der Waals surface area contributed by atoms with E-state index in [1.165, 1.54) is 11.1 Å². The van der Waals surface area contributed by atoms with Crippen molar-refractivity contribution in [1.29, 1.82) is 0 Å². The molecule has 2 N–H and O–H groups in total. The van der Waals surface area contributed by atoms with Gasteiger partial charge in [-0.05, 0) is 42.2 Å². The minimum atomic E-state index is -0.0696. The van der Waals surface area contributed by atoms with Crippen LogP contribution in [0.15, 0.2) is 53.0 Å². The summed E-state index contributed by atoms with van der Waals surface area (Å²) in [6, 6.07) is 16.5. The number of ether oxygens (including phenoxy) is 1. The maximum atomic E-state index is 6.27. The fourth-order valence-electron chi connectivity index (χ4n) is 2.33. The summed E-state index contributed by atoms with van der Waals surface area (Å²) in [7, 11) is 0. The van der Waals surface area contributed by atoms with E-state index in [1.54, 1.807) is 0 Å². The van der Waals surface area contributed by atoms with Gasteiger partial charge >= 0.3 is 0 Å². The molecule has 0 aromatic heterocycles. The van der Waals surface area contributed by atoms with E-state index in [4.69, 9.17) is 10.5 Å². The average Bonchev–Trinajstić information content (AvgIpc) is 2.50. The highest BCUT2D eigenvalue weighted by Crippen LogP contribution is 2.26. The molecule has 112 valence electrons. The highest BCUT2D eigenvalue weighted by molar-refractivity contribution is 9.10. The monoisotopic (exact) mass is 347 g/mol. The highest BCUT2D eigenvalue weighted by Gasteiger charge is 2.20. The van der Waals surface area contributed by atoms with Crippen molar-refractivity contribution in [1.82, 2.24) is 0 Å². The summed E-state index contributed by atoms with van der Waals surface area (Å²) in [4.78, 5) is 0. The van der Waals surface area contributed by atoms with E-state index in [1.807, 2.05) is 24.3 Å². The van der Waals surface area contributed by atoms with Gasteiger partial charge in [-0.1, -0.05) is 59.3 Å². The largest absolute Gasteiger partial charge is 0.367 e. The van der Waals surface area contributed by atoms with Crippen LogP contribution in [0, 0.1) is 6.92 Å². The van der Waals surface area contributed by atoms with E-state index in [2.05, 4.69) is 54.0 Å². The fraction of sp³-hybridized carbons (Fsp3) is 0.333. The lowest BCUT2D eigenvalue weighted by Crippen LogP contribution is -2.30. The minimum absolute atomic E-state index is 0.00143. The Kier molecular flexibility index (Phi) is 5.97. The first-order chi connectivity index (χ1) is 10.1. The van der Waals surface area contributed by atoms with E-state index in [0.717, 1.165) is 16.5 Å². The second-order valence-electron chi connectivity index (χ2n) is 5.29. The van der Waals surface area contributed by atoms with Crippen LogP contribution in [0.2, 0.25) is 0 Å². The van der Waals surface area contributed by atoms with Crippen molar-refractivity contribution in [3.63, 3.8) is 0 Å². The molecule has 0 spiro atoms. The van der Waals surface area contributed by atoms with Gasteiger partial charge in [0.25, 0.3) is 0 Å². The summed E-state index contributed by atoms with van der Waals surface area (Å²) in [5.41, 5.74) is 9.84. The van der Waals surface area contributed by atoms with Crippen LogP contribution in [0.25, 0.3) is 0 Å². The van der Waals surface area contributed by atoms with Crippen LogP contribution in [0.5, 0.6) is 0 Å². The SMILES string of the molecule is CCC(N)C(OCc1ccc(Br)cc1)c1ccccc1C. The van der Waals surface area contributed by atoms with Crippen LogP contribution in [-0.2, 0) is 11.3 Å². The third kappa shape index (κ3) is 4.40. The molecule has 0 heterocycles. The molecule has 2 nitrogen and oxygen atoms in total. The van der Waals surface area contributed by atoms with Crippen molar-refractivity contribution in [3.05, 3.63) is 69.7 Å². The molecule has 0 saturated heterocycles. The Bertz CT molecular complexity index is 568. The van der Waals surface area contributed by atoms with Crippen LogP contribution in [0.4, 0.5) is 0 Å². The minimum Gasteiger partial charge on any atom is -0.367 e. The first-order valence-electron chi connectivity index (χ1n) is 7.29. The predicted molar refractivity (Wildman–Crippen MR) is 91.1 cm³/mol. The summed E-state index contributed by atoms with van der Waals surface area (Å²) in [6.45, 7) is 4.77. The lowest BCUT2D eigenvalue weighted by Gasteiger charge is -2.25. The maximum Gasteiger partial charge on any atom is 0.0982 e. The van der Waals surface area contributed by atoms with Crippen molar-refractivity contribution in [3.8, 4) is 0 Å². The van der Waals surface area contributed by atoms with E-state index < -0.39 is 0 Å². The zero-order valence-electron chi connectivity index (χ0n) is 12.6. The summed E-state index contributed by atoms with van der Waals surface area (Å²) in [5, 5.41) is 0. The van der Waals surface area contributed by atoms with Crippen molar-refractivity contribution in [2.45, 2.75) is 39.0 Å². The molecule has 21 heavy (non-hydrogen) atoms. The van der Waals surface area contributed by atoms with Gasteiger partial charge in [-0.25, -0.2) is 0 Å². The molecule has 0 amide bonds. The summed E-state index contributed by atoms with van der Waals surface area (Å²) < 4.78 is 7.22. The molecule has 2 atom stereocenters. The number of nitrogens with two attached hydrogens (primary N) is 1. The second-order valence-corrected chi connectivity index (χ2v) is 6.20. The Morgan fingerprint density at radius 3 is 2.38 bits per heavy atom. The maximum absolute atomic E-state index is 6.27. The first-order valence-corrected chi connectivity index (χ1v) is 8.08. The average molecular weight is 348 g/mol. The number of benzene rings is 2. The van der Waals surface area contributed by atoms with Crippen LogP contribution in [-0.4, -0.2) is 6.04 Å². The molecule has 0 bridgehead atoms. The molecule has 2 aromatic rings. The van der Waals surface area contributed by atoms with Gasteiger partial charge in [-0.15, -0.1) is 0 Å². The van der Waals surface area contributed by atoms with Crippen molar-refractivity contribution < 1.29 is 4.74 Å².